The summed E-state index contributed by atoms with van der Waals surface area (Å²) in [7, 11) is 2.10. The highest BCUT2D eigenvalue weighted by Crippen LogP contribution is 2.22. The van der Waals surface area contributed by atoms with Gasteiger partial charge in [-0.05, 0) is 25.2 Å². The summed E-state index contributed by atoms with van der Waals surface area (Å²) in [5, 5.41) is 0.911. The van der Waals surface area contributed by atoms with Crippen LogP contribution in [0.25, 0.3) is 0 Å². The molecule has 0 N–H and O–H groups in total. The van der Waals surface area contributed by atoms with Crippen LogP contribution in [0.3, 0.4) is 0 Å². The average molecular weight is 287 g/mol. The molecule has 18 heavy (non-hydrogen) atoms. The van der Waals surface area contributed by atoms with Crippen molar-refractivity contribution >= 4 is 29.0 Å². The van der Waals surface area contributed by atoms with Crippen molar-refractivity contribution in [3.63, 3.8) is 0 Å². The van der Waals surface area contributed by atoms with Crippen LogP contribution in [0, 0.1) is 0 Å². The zero-order valence-electron chi connectivity index (χ0n) is 10.3. The molecule has 2 rings (SSSR count). The molecule has 3 nitrogen and oxygen atoms in total. The van der Waals surface area contributed by atoms with Gasteiger partial charge in [0.2, 0.25) is 0 Å². The van der Waals surface area contributed by atoms with Gasteiger partial charge in [-0.1, -0.05) is 23.2 Å². The first-order chi connectivity index (χ1) is 8.56. The quantitative estimate of drug-likeness (QED) is 0.798. The zero-order chi connectivity index (χ0) is 13.1. The largest absolute Gasteiger partial charge is 0.304 e. The molecule has 0 saturated carbocycles. The molecule has 1 aromatic rings. The minimum Gasteiger partial charge on any atom is -0.304 e. The Kier molecular flexibility index (Phi) is 4.62. The van der Waals surface area contributed by atoms with Crippen LogP contribution < -0.4 is 0 Å². The molecule has 0 bridgehead atoms. The molecule has 0 atom stereocenters. The first-order valence-corrected chi connectivity index (χ1v) is 6.71. The fourth-order valence-corrected chi connectivity index (χ4v) is 2.27. The van der Waals surface area contributed by atoms with E-state index in [1.54, 1.807) is 18.2 Å². The van der Waals surface area contributed by atoms with Crippen molar-refractivity contribution in [3.05, 3.63) is 33.8 Å². The van der Waals surface area contributed by atoms with E-state index < -0.39 is 0 Å². The Morgan fingerprint density at radius 2 is 1.83 bits per heavy atom. The summed E-state index contributed by atoms with van der Waals surface area (Å²) in [6.07, 6.45) is 0. The second-order valence-electron chi connectivity index (χ2n) is 4.63. The number of nitrogens with zero attached hydrogens (tertiary/aromatic N) is 2. The van der Waals surface area contributed by atoms with E-state index in [0.29, 0.717) is 22.2 Å². The lowest BCUT2D eigenvalue weighted by atomic mass is 10.1. The summed E-state index contributed by atoms with van der Waals surface area (Å²) in [6, 6.07) is 5.04. The van der Waals surface area contributed by atoms with Crippen LogP contribution in [-0.4, -0.2) is 55.4 Å². The summed E-state index contributed by atoms with van der Waals surface area (Å²) in [6.45, 7) is 4.34. The van der Waals surface area contributed by atoms with E-state index in [-0.39, 0.29) is 5.78 Å². The molecule has 0 aliphatic carbocycles. The average Bonchev–Trinajstić information content (AvgIpc) is 2.35. The molecule has 0 unspecified atom stereocenters. The Morgan fingerprint density at radius 3 is 2.44 bits per heavy atom. The third kappa shape index (κ3) is 3.45. The molecule has 1 saturated heterocycles. The summed E-state index contributed by atoms with van der Waals surface area (Å²) in [5.74, 6) is 0.0955. The predicted octanol–water partition coefficient (Wildman–Crippen LogP) is 2.42. The molecule has 1 aromatic carbocycles. The molecule has 98 valence electrons. The fourth-order valence-electron chi connectivity index (χ4n) is 1.97. The van der Waals surface area contributed by atoms with Crippen molar-refractivity contribution in [2.24, 2.45) is 0 Å². The highest BCUT2D eigenvalue weighted by atomic mass is 35.5. The van der Waals surface area contributed by atoms with Gasteiger partial charge in [-0.25, -0.2) is 0 Å². The summed E-state index contributed by atoms with van der Waals surface area (Å²) in [4.78, 5) is 16.5. The minimum atomic E-state index is 0.0955. The molecular formula is C13H16Cl2N2O. The Hall–Kier alpha value is -0.610. The zero-order valence-corrected chi connectivity index (χ0v) is 11.8. The van der Waals surface area contributed by atoms with Gasteiger partial charge in [0.05, 0.1) is 16.6 Å². The Morgan fingerprint density at radius 1 is 1.17 bits per heavy atom. The number of carbonyl (C=O) groups excluding carboxylic acids is 1. The monoisotopic (exact) mass is 286 g/mol. The van der Waals surface area contributed by atoms with Crippen LogP contribution in [0.4, 0.5) is 0 Å². The minimum absolute atomic E-state index is 0.0955. The number of Topliss-reactive ketones (excluding diaryl/α,β-unsaturated/α-hetero) is 1. The first-order valence-electron chi connectivity index (χ1n) is 5.95. The van der Waals surface area contributed by atoms with Crippen LogP contribution in [0.1, 0.15) is 10.4 Å². The van der Waals surface area contributed by atoms with Gasteiger partial charge >= 0.3 is 0 Å². The van der Waals surface area contributed by atoms with Crippen molar-refractivity contribution in [2.75, 3.05) is 39.8 Å². The van der Waals surface area contributed by atoms with Gasteiger partial charge in [-0.2, -0.15) is 0 Å². The predicted molar refractivity (Wildman–Crippen MR) is 74.7 cm³/mol. The van der Waals surface area contributed by atoms with Crippen molar-refractivity contribution in [1.82, 2.24) is 9.80 Å². The van der Waals surface area contributed by atoms with Gasteiger partial charge in [-0.3, -0.25) is 9.69 Å². The summed E-state index contributed by atoms with van der Waals surface area (Å²) < 4.78 is 0. The smallest absolute Gasteiger partial charge is 0.176 e. The van der Waals surface area contributed by atoms with E-state index in [0.717, 1.165) is 26.2 Å². The van der Waals surface area contributed by atoms with Crippen LogP contribution in [0.5, 0.6) is 0 Å². The maximum Gasteiger partial charge on any atom is 0.176 e. The molecule has 1 heterocycles. The Labute approximate surface area is 117 Å². The van der Waals surface area contributed by atoms with Crippen molar-refractivity contribution in [1.29, 1.82) is 0 Å². The van der Waals surface area contributed by atoms with Gasteiger partial charge in [0.1, 0.15) is 0 Å². The van der Waals surface area contributed by atoms with Crippen molar-refractivity contribution < 1.29 is 4.79 Å². The lowest BCUT2D eigenvalue weighted by Crippen LogP contribution is -2.46. The molecule has 0 amide bonds. The van der Waals surface area contributed by atoms with E-state index >= 15 is 0 Å². The van der Waals surface area contributed by atoms with Gasteiger partial charge in [0.15, 0.2) is 5.78 Å². The number of piperazine rings is 1. The maximum atomic E-state index is 12.1. The summed E-state index contributed by atoms with van der Waals surface area (Å²) >= 11 is 11.7. The highest BCUT2D eigenvalue weighted by molar-refractivity contribution is 6.42. The van der Waals surface area contributed by atoms with Crippen LogP contribution in [-0.2, 0) is 0 Å². The van der Waals surface area contributed by atoms with Gasteiger partial charge in [0, 0.05) is 31.7 Å². The molecule has 0 aromatic heterocycles. The number of carbonyl (C=O) groups is 1. The van der Waals surface area contributed by atoms with E-state index in [9.17, 15) is 4.79 Å². The van der Waals surface area contributed by atoms with Gasteiger partial charge in [0.25, 0.3) is 0 Å². The second-order valence-corrected chi connectivity index (χ2v) is 5.45. The lowest BCUT2D eigenvalue weighted by Gasteiger charge is -2.31. The van der Waals surface area contributed by atoms with Crippen LogP contribution >= 0.6 is 23.2 Å². The molecular weight excluding hydrogens is 271 g/mol. The molecule has 0 spiro atoms. The molecule has 1 aliphatic heterocycles. The molecule has 5 heteroatoms. The maximum absolute atomic E-state index is 12.1. The number of likely N-dealkylation sites (N-methyl/N-ethyl adjacent to an activating group) is 1. The number of hydrogen-bond donors (Lipinski definition) is 0. The summed E-state index contributed by atoms with van der Waals surface area (Å²) in [5.41, 5.74) is 0.628. The van der Waals surface area contributed by atoms with E-state index in [4.69, 9.17) is 23.2 Å². The van der Waals surface area contributed by atoms with Crippen molar-refractivity contribution in [3.8, 4) is 0 Å². The third-order valence-corrected chi connectivity index (χ3v) is 3.94. The number of hydrogen-bond acceptors (Lipinski definition) is 3. The van der Waals surface area contributed by atoms with Crippen molar-refractivity contribution in [2.45, 2.75) is 0 Å². The van der Waals surface area contributed by atoms with E-state index in [1.165, 1.54) is 0 Å². The molecule has 0 radical (unpaired) electrons. The standard InChI is InChI=1S/C13H16Cl2N2O/c1-16-4-6-17(7-5-16)9-13(18)10-2-3-11(14)12(15)8-10/h2-3,8H,4-7,9H2,1H3. The highest BCUT2D eigenvalue weighted by Gasteiger charge is 2.17. The molecule has 1 fully saturated rings. The topological polar surface area (TPSA) is 23.6 Å². The normalized spacial score (nSPS) is 17.9. The Bertz CT molecular complexity index is 443. The van der Waals surface area contributed by atoms with Crippen LogP contribution in [0.2, 0.25) is 10.0 Å². The SMILES string of the molecule is CN1CCN(CC(=O)c2ccc(Cl)c(Cl)c2)CC1. The lowest BCUT2D eigenvalue weighted by molar-refractivity contribution is 0.0876. The van der Waals surface area contributed by atoms with E-state index in [1.807, 2.05) is 0 Å². The number of halogens is 2. The van der Waals surface area contributed by atoms with Gasteiger partial charge in [-0.15, -0.1) is 0 Å². The number of benzene rings is 1. The third-order valence-electron chi connectivity index (χ3n) is 3.20. The second kappa shape index (κ2) is 6.02. The Balaban J connectivity index is 1.97. The number of rotatable bonds is 3. The van der Waals surface area contributed by atoms with Gasteiger partial charge < -0.3 is 4.90 Å². The van der Waals surface area contributed by atoms with Crippen LogP contribution in [0.15, 0.2) is 18.2 Å². The fraction of sp³-hybridized carbons (Fsp3) is 0.462. The number of ketones is 1. The first kappa shape index (κ1) is 13.8. The van der Waals surface area contributed by atoms with E-state index in [2.05, 4.69) is 16.8 Å². The molecule has 1 aliphatic rings.